The fourth-order valence-electron chi connectivity index (χ4n) is 2.00. The van der Waals surface area contributed by atoms with Gasteiger partial charge in [-0.2, -0.15) is 0 Å². The van der Waals surface area contributed by atoms with Crippen molar-refractivity contribution in [3.63, 3.8) is 0 Å². The maximum Gasteiger partial charge on any atom is 0.573 e. The van der Waals surface area contributed by atoms with Crippen molar-refractivity contribution in [2.45, 2.75) is 19.3 Å². The van der Waals surface area contributed by atoms with Crippen LogP contribution in [0, 0.1) is 0 Å². The zero-order valence-electron chi connectivity index (χ0n) is 11.9. The highest BCUT2D eigenvalue weighted by atomic mass is 19.4. The lowest BCUT2D eigenvalue weighted by atomic mass is 10.0. The Bertz CT molecular complexity index is 712. The second-order valence-corrected chi connectivity index (χ2v) is 4.65. The van der Waals surface area contributed by atoms with Crippen LogP contribution in [0.15, 0.2) is 42.5 Å². The van der Waals surface area contributed by atoms with Crippen molar-refractivity contribution in [2.75, 3.05) is 0 Å². The Balaban J connectivity index is 2.38. The molecule has 0 bridgehead atoms. The number of halogens is 6. The summed E-state index contributed by atoms with van der Waals surface area (Å²) in [6, 6.07) is 8.66. The van der Waals surface area contributed by atoms with Gasteiger partial charge in [-0.25, -0.2) is 0 Å². The van der Waals surface area contributed by atoms with Gasteiger partial charge in [0.1, 0.15) is 11.5 Å². The molecule has 3 nitrogen and oxygen atoms in total. The maximum absolute atomic E-state index is 12.4. The summed E-state index contributed by atoms with van der Waals surface area (Å²) in [5.74, 6) is -0.995. The summed E-state index contributed by atoms with van der Waals surface area (Å²) >= 11 is 0. The molecule has 24 heavy (non-hydrogen) atoms. The van der Waals surface area contributed by atoms with Gasteiger partial charge in [0.25, 0.3) is 0 Å². The molecule has 0 aliphatic heterocycles. The number of hydrogen-bond acceptors (Lipinski definition) is 3. The molecular formula is C15H11F6NO2. The van der Waals surface area contributed by atoms with Crippen LogP contribution in [0.3, 0.4) is 0 Å². The van der Waals surface area contributed by atoms with E-state index in [1.807, 2.05) is 0 Å². The number of rotatable bonds is 4. The van der Waals surface area contributed by atoms with E-state index in [9.17, 15) is 26.3 Å². The van der Waals surface area contributed by atoms with Gasteiger partial charge >= 0.3 is 12.7 Å². The molecule has 0 aliphatic rings. The average molecular weight is 351 g/mol. The molecule has 0 unspecified atom stereocenters. The first-order chi connectivity index (χ1) is 11.1. The molecular weight excluding hydrogens is 340 g/mol. The Morgan fingerprint density at radius 1 is 0.792 bits per heavy atom. The Morgan fingerprint density at radius 3 is 2.00 bits per heavy atom. The molecule has 0 amide bonds. The van der Waals surface area contributed by atoms with Crippen LogP contribution in [0.25, 0.3) is 11.1 Å². The van der Waals surface area contributed by atoms with Crippen LogP contribution >= 0.6 is 0 Å². The average Bonchev–Trinajstić information content (AvgIpc) is 2.44. The number of benzene rings is 2. The quantitative estimate of drug-likeness (QED) is 0.818. The molecule has 2 rings (SSSR count). The fraction of sp³-hybridized carbons (Fsp3) is 0.200. The lowest BCUT2D eigenvalue weighted by molar-refractivity contribution is -0.275. The van der Waals surface area contributed by atoms with E-state index in [2.05, 4.69) is 9.47 Å². The first-order valence-electron chi connectivity index (χ1n) is 6.52. The predicted molar refractivity (Wildman–Crippen MR) is 73.1 cm³/mol. The van der Waals surface area contributed by atoms with Gasteiger partial charge in [0.05, 0.1) is 0 Å². The number of hydrogen-bond donors (Lipinski definition) is 1. The number of nitrogens with two attached hydrogens (primary N) is 1. The van der Waals surface area contributed by atoms with Crippen molar-refractivity contribution in [3.8, 4) is 22.6 Å². The summed E-state index contributed by atoms with van der Waals surface area (Å²) in [7, 11) is 0. The minimum atomic E-state index is -4.91. The van der Waals surface area contributed by atoms with Crippen molar-refractivity contribution in [1.82, 2.24) is 0 Å². The van der Waals surface area contributed by atoms with E-state index in [1.54, 1.807) is 0 Å². The molecule has 2 aromatic rings. The normalized spacial score (nSPS) is 12.1. The monoisotopic (exact) mass is 351 g/mol. The zero-order chi connectivity index (χ0) is 18.0. The lowest BCUT2D eigenvalue weighted by Crippen LogP contribution is -2.18. The van der Waals surface area contributed by atoms with Crippen molar-refractivity contribution in [2.24, 2.45) is 5.73 Å². The van der Waals surface area contributed by atoms with Crippen molar-refractivity contribution < 1.29 is 35.8 Å². The summed E-state index contributed by atoms with van der Waals surface area (Å²) in [6.45, 7) is -0.192. The van der Waals surface area contributed by atoms with Crippen molar-refractivity contribution in [1.29, 1.82) is 0 Å². The second kappa shape index (κ2) is 6.60. The molecule has 130 valence electrons. The highest BCUT2D eigenvalue weighted by Crippen LogP contribution is 2.33. The summed E-state index contributed by atoms with van der Waals surface area (Å²) in [5, 5.41) is 0. The van der Waals surface area contributed by atoms with Gasteiger partial charge in [-0.15, -0.1) is 26.3 Å². The van der Waals surface area contributed by atoms with E-state index in [1.165, 1.54) is 24.3 Å². The summed E-state index contributed by atoms with van der Waals surface area (Å²) in [4.78, 5) is 0. The lowest BCUT2D eigenvalue weighted by Gasteiger charge is -2.14. The van der Waals surface area contributed by atoms with Gasteiger partial charge in [-0.3, -0.25) is 0 Å². The Hall–Kier alpha value is -2.42. The third-order valence-corrected chi connectivity index (χ3v) is 2.91. The molecule has 9 heteroatoms. The topological polar surface area (TPSA) is 44.5 Å². The number of alkyl halides is 6. The Kier molecular flexibility index (Phi) is 4.93. The van der Waals surface area contributed by atoms with E-state index in [4.69, 9.17) is 5.73 Å². The third kappa shape index (κ3) is 5.05. The minimum absolute atomic E-state index is 0.110. The Morgan fingerprint density at radius 2 is 1.42 bits per heavy atom. The SMILES string of the molecule is NCc1ccc(-c2cccc(OC(F)(F)F)c2)cc1OC(F)(F)F. The molecule has 0 aliphatic carbocycles. The van der Waals surface area contributed by atoms with Gasteiger partial charge in [-0.1, -0.05) is 24.3 Å². The molecule has 2 N–H and O–H groups in total. The molecule has 2 aromatic carbocycles. The van der Waals surface area contributed by atoms with Crippen LogP contribution in [-0.4, -0.2) is 12.7 Å². The maximum atomic E-state index is 12.4. The second-order valence-electron chi connectivity index (χ2n) is 4.65. The predicted octanol–water partition coefficient (Wildman–Crippen LogP) is 4.61. The van der Waals surface area contributed by atoms with E-state index < -0.39 is 24.2 Å². The highest BCUT2D eigenvalue weighted by Gasteiger charge is 2.32. The molecule has 0 saturated carbocycles. The molecule has 0 atom stereocenters. The van der Waals surface area contributed by atoms with Crippen LogP contribution < -0.4 is 15.2 Å². The van der Waals surface area contributed by atoms with Crippen LogP contribution in [-0.2, 0) is 6.54 Å². The van der Waals surface area contributed by atoms with Crippen molar-refractivity contribution in [3.05, 3.63) is 48.0 Å². The van der Waals surface area contributed by atoms with Gasteiger partial charge in [0.2, 0.25) is 0 Å². The first kappa shape index (κ1) is 17.9. The van der Waals surface area contributed by atoms with E-state index >= 15 is 0 Å². The smallest absolute Gasteiger partial charge is 0.406 e. The highest BCUT2D eigenvalue weighted by molar-refractivity contribution is 5.67. The first-order valence-corrected chi connectivity index (χ1v) is 6.52. The summed E-state index contributed by atoms with van der Waals surface area (Å²) < 4.78 is 81.7. The zero-order valence-corrected chi connectivity index (χ0v) is 11.9. The van der Waals surface area contributed by atoms with Crippen LogP contribution in [0.2, 0.25) is 0 Å². The summed E-state index contributed by atoms with van der Waals surface area (Å²) in [6.07, 6.45) is -9.78. The van der Waals surface area contributed by atoms with Gasteiger partial charge in [-0.05, 0) is 29.3 Å². The van der Waals surface area contributed by atoms with Crippen LogP contribution in [0.1, 0.15) is 5.56 Å². The summed E-state index contributed by atoms with van der Waals surface area (Å²) in [5.41, 5.74) is 5.92. The molecule has 0 heterocycles. The van der Waals surface area contributed by atoms with Crippen LogP contribution in [0.4, 0.5) is 26.3 Å². The molecule has 0 aromatic heterocycles. The minimum Gasteiger partial charge on any atom is -0.406 e. The Labute approximate surface area is 132 Å². The van der Waals surface area contributed by atoms with E-state index in [-0.39, 0.29) is 23.2 Å². The van der Waals surface area contributed by atoms with E-state index in [0.717, 1.165) is 18.2 Å². The van der Waals surface area contributed by atoms with Gasteiger partial charge in [0, 0.05) is 12.1 Å². The van der Waals surface area contributed by atoms with E-state index in [0.29, 0.717) is 0 Å². The standard InChI is InChI=1S/C15H11F6NO2/c16-14(17,18)23-12-3-1-2-9(6-12)10-4-5-11(8-22)13(7-10)24-15(19,20)21/h1-7H,8,22H2. The van der Waals surface area contributed by atoms with Crippen LogP contribution in [0.5, 0.6) is 11.5 Å². The number of ether oxygens (including phenoxy) is 2. The largest absolute Gasteiger partial charge is 0.573 e. The fourth-order valence-corrected chi connectivity index (χ4v) is 2.00. The van der Waals surface area contributed by atoms with Gasteiger partial charge in [0.15, 0.2) is 0 Å². The molecule has 0 spiro atoms. The van der Waals surface area contributed by atoms with Crippen molar-refractivity contribution >= 4 is 0 Å². The molecule has 0 saturated heterocycles. The third-order valence-electron chi connectivity index (χ3n) is 2.91. The molecule has 0 fully saturated rings. The molecule has 0 radical (unpaired) electrons. The van der Waals surface area contributed by atoms with Gasteiger partial charge < -0.3 is 15.2 Å².